The van der Waals surface area contributed by atoms with Crippen molar-refractivity contribution in [1.82, 2.24) is 4.98 Å². The van der Waals surface area contributed by atoms with Crippen LogP contribution < -0.4 is 4.74 Å². The second kappa shape index (κ2) is 3.94. The maximum absolute atomic E-state index is 9.04. The number of hydrogen-bond acceptors (Lipinski definition) is 4. The molecule has 0 saturated carbocycles. The van der Waals surface area contributed by atoms with Gasteiger partial charge in [0.05, 0.1) is 16.3 Å². The van der Waals surface area contributed by atoms with E-state index in [1.54, 1.807) is 6.92 Å². The van der Waals surface area contributed by atoms with Crippen LogP contribution in [0.3, 0.4) is 0 Å². The van der Waals surface area contributed by atoms with Gasteiger partial charge in [0.1, 0.15) is 6.61 Å². The summed E-state index contributed by atoms with van der Waals surface area (Å²) in [6.45, 7) is 1.98. The number of aliphatic hydroxyl groups excluding tert-OH is 1. The number of thiazole rings is 1. The number of para-hydroxylation sites is 1. The van der Waals surface area contributed by atoms with Gasteiger partial charge in [-0.05, 0) is 19.1 Å². The van der Waals surface area contributed by atoms with Crippen molar-refractivity contribution >= 4 is 21.6 Å². The lowest BCUT2D eigenvalue weighted by atomic mass is 10.3. The molecule has 0 radical (unpaired) electrons. The molecule has 0 saturated heterocycles. The predicted molar refractivity (Wildman–Crippen MR) is 56.8 cm³/mol. The van der Waals surface area contributed by atoms with Crippen molar-refractivity contribution in [3.63, 3.8) is 0 Å². The first-order valence-corrected chi connectivity index (χ1v) is 5.24. The van der Waals surface area contributed by atoms with E-state index in [1.807, 2.05) is 24.3 Å². The molecule has 0 spiro atoms. The zero-order valence-electron chi connectivity index (χ0n) is 7.80. The first-order valence-electron chi connectivity index (χ1n) is 4.42. The smallest absolute Gasteiger partial charge is 0.274 e. The Bertz CT molecular complexity index is 392. The Labute approximate surface area is 86.0 Å². The van der Waals surface area contributed by atoms with E-state index in [0.717, 1.165) is 10.2 Å². The van der Waals surface area contributed by atoms with Crippen LogP contribution in [0.5, 0.6) is 5.19 Å². The number of hydrogen-bond donors (Lipinski definition) is 1. The normalized spacial score (nSPS) is 13.0. The third-order valence-electron chi connectivity index (χ3n) is 1.72. The molecule has 0 bridgehead atoms. The molecular weight excluding hydrogens is 198 g/mol. The van der Waals surface area contributed by atoms with E-state index in [1.165, 1.54) is 11.3 Å². The molecule has 3 nitrogen and oxygen atoms in total. The van der Waals surface area contributed by atoms with E-state index in [-0.39, 0.29) is 0 Å². The maximum Gasteiger partial charge on any atom is 0.274 e. The molecule has 1 aromatic carbocycles. The Morgan fingerprint density at radius 2 is 2.29 bits per heavy atom. The van der Waals surface area contributed by atoms with Crippen molar-refractivity contribution in [3.8, 4) is 5.19 Å². The molecular formula is C10H11NO2S. The number of nitrogens with zero attached hydrogens (tertiary/aromatic N) is 1. The summed E-state index contributed by atoms with van der Waals surface area (Å²) in [5.41, 5.74) is 0.943. The molecule has 2 aromatic rings. The standard InChI is InChI=1S/C10H11NO2S/c1-7(12)6-13-10-11-8-4-2-3-5-9(8)14-10/h2-5,7,12H,6H2,1H3. The van der Waals surface area contributed by atoms with Gasteiger partial charge in [-0.2, -0.15) is 0 Å². The highest BCUT2D eigenvalue weighted by Gasteiger charge is 2.04. The highest BCUT2D eigenvalue weighted by atomic mass is 32.1. The van der Waals surface area contributed by atoms with Crippen LogP contribution in [-0.4, -0.2) is 22.8 Å². The predicted octanol–water partition coefficient (Wildman–Crippen LogP) is 2.06. The molecule has 1 heterocycles. The lowest BCUT2D eigenvalue weighted by Gasteiger charge is -2.02. The first kappa shape index (κ1) is 9.43. The van der Waals surface area contributed by atoms with Gasteiger partial charge in [0.15, 0.2) is 0 Å². The summed E-state index contributed by atoms with van der Waals surface area (Å²) in [7, 11) is 0. The molecule has 4 heteroatoms. The Balaban J connectivity index is 2.19. The molecule has 0 amide bonds. The molecule has 1 N–H and O–H groups in total. The van der Waals surface area contributed by atoms with Crippen molar-refractivity contribution in [2.24, 2.45) is 0 Å². The zero-order valence-corrected chi connectivity index (χ0v) is 8.62. The van der Waals surface area contributed by atoms with Gasteiger partial charge in [0, 0.05) is 0 Å². The topological polar surface area (TPSA) is 42.4 Å². The van der Waals surface area contributed by atoms with Crippen LogP contribution in [0.25, 0.3) is 10.2 Å². The van der Waals surface area contributed by atoms with Gasteiger partial charge in [-0.1, -0.05) is 23.5 Å². The average molecular weight is 209 g/mol. The average Bonchev–Trinajstić information content (AvgIpc) is 2.57. The molecule has 2 rings (SSSR count). The van der Waals surface area contributed by atoms with Crippen molar-refractivity contribution in [3.05, 3.63) is 24.3 Å². The molecule has 0 aliphatic rings. The van der Waals surface area contributed by atoms with Crippen molar-refractivity contribution in [2.45, 2.75) is 13.0 Å². The number of fused-ring (bicyclic) bond motifs is 1. The van der Waals surface area contributed by atoms with Crippen LogP contribution in [0.4, 0.5) is 0 Å². The Morgan fingerprint density at radius 1 is 1.50 bits per heavy atom. The molecule has 1 aromatic heterocycles. The van der Waals surface area contributed by atoms with Crippen LogP contribution in [-0.2, 0) is 0 Å². The van der Waals surface area contributed by atoms with E-state index in [0.29, 0.717) is 11.8 Å². The third kappa shape index (κ3) is 2.02. The Hall–Kier alpha value is -1.13. The van der Waals surface area contributed by atoms with Crippen molar-refractivity contribution in [2.75, 3.05) is 6.61 Å². The van der Waals surface area contributed by atoms with Crippen LogP contribution in [0.1, 0.15) is 6.92 Å². The summed E-state index contributed by atoms with van der Waals surface area (Å²) in [5, 5.41) is 9.66. The van der Waals surface area contributed by atoms with Gasteiger partial charge < -0.3 is 9.84 Å². The zero-order chi connectivity index (χ0) is 9.97. The van der Waals surface area contributed by atoms with E-state index in [2.05, 4.69) is 4.98 Å². The Kier molecular flexibility index (Phi) is 2.65. The van der Waals surface area contributed by atoms with Crippen LogP contribution in [0.15, 0.2) is 24.3 Å². The van der Waals surface area contributed by atoms with E-state index in [9.17, 15) is 0 Å². The highest BCUT2D eigenvalue weighted by Crippen LogP contribution is 2.27. The Morgan fingerprint density at radius 3 is 3.00 bits per heavy atom. The van der Waals surface area contributed by atoms with Crippen molar-refractivity contribution in [1.29, 1.82) is 0 Å². The van der Waals surface area contributed by atoms with Gasteiger partial charge in [-0.25, -0.2) is 4.98 Å². The van der Waals surface area contributed by atoms with Crippen LogP contribution >= 0.6 is 11.3 Å². The molecule has 0 aliphatic heterocycles. The minimum Gasteiger partial charge on any atom is -0.467 e. The third-order valence-corrected chi connectivity index (χ3v) is 2.67. The van der Waals surface area contributed by atoms with E-state index >= 15 is 0 Å². The number of aromatic nitrogens is 1. The summed E-state index contributed by atoms with van der Waals surface area (Å²) >= 11 is 1.49. The largest absolute Gasteiger partial charge is 0.467 e. The molecule has 0 fully saturated rings. The molecule has 74 valence electrons. The quantitative estimate of drug-likeness (QED) is 0.841. The fourth-order valence-electron chi connectivity index (χ4n) is 1.10. The van der Waals surface area contributed by atoms with Gasteiger partial charge >= 0.3 is 0 Å². The maximum atomic E-state index is 9.04. The SMILES string of the molecule is CC(O)COc1nc2ccccc2s1. The summed E-state index contributed by atoms with van der Waals surface area (Å²) in [5.74, 6) is 0. The van der Waals surface area contributed by atoms with Crippen LogP contribution in [0, 0.1) is 0 Å². The fraction of sp³-hybridized carbons (Fsp3) is 0.300. The van der Waals surface area contributed by atoms with Gasteiger partial charge in [-0.3, -0.25) is 0 Å². The lowest BCUT2D eigenvalue weighted by molar-refractivity contribution is 0.122. The second-order valence-electron chi connectivity index (χ2n) is 3.11. The number of benzene rings is 1. The van der Waals surface area contributed by atoms with Gasteiger partial charge in [0.2, 0.25) is 0 Å². The highest BCUT2D eigenvalue weighted by molar-refractivity contribution is 7.20. The molecule has 0 aliphatic carbocycles. The molecule has 14 heavy (non-hydrogen) atoms. The van der Waals surface area contributed by atoms with E-state index in [4.69, 9.17) is 9.84 Å². The van der Waals surface area contributed by atoms with Crippen molar-refractivity contribution < 1.29 is 9.84 Å². The summed E-state index contributed by atoms with van der Waals surface area (Å²) in [6.07, 6.45) is -0.456. The number of ether oxygens (including phenoxy) is 1. The van der Waals surface area contributed by atoms with E-state index < -0.39 is 6.10 Å². The van der Waals surface area contributed by atoms with Crippen LogP contribution in [0.2, 0.25) is 0 Å². The van der Waals surface area contributed by atoms with Gasteiger partial charge in [0.25, 0.3) is 5.19 Å². The fourth-order valence-corrected chi connectivity index (χ4v) is 1.93. The number of rotatable bonds is 3. The lowest BCUT2D eigenvalue weighted by Crippen LogP contribution is -2.12. The van der Waals surface area contributed by atoms with Gasteiger partial charge in [-0.15, -0.1) is 0 Å². The summed E-state index contributed by atoms with van der Waals surface area (Å²) < 4.78 is 6.41. The second-order valence-corrected chi connectivity index (χ2v) is 4.10. The first-order chi connectivity index (χ1) is 6.75. The monoisotopic (exact) mass is 209 g/mol. The summed E-state index contributed by atoms with van der Waals surface area (Å²) in [4.78, 5) is 4.27. The minimum atomic E-state index is -0.456. The number of aliphatic hydroxyl groups is 1. The summed E-state index contributed by atoms with van der Waals surface area (Å²) in [6, 6.07) is 7.86. The minimum absolute atomic E-state index is 0.291. The molecule has 1 atom stereocenters. The molecule has 1 unspecified atom stereocenters.